The smallest absolute Gasteiger partial charge is 0.347 e. The molecule has 2 heterocycles. The molecule has 25 heavy (non-hydrogen) atoms. The lowest BCUT2D eigenvalue weighted by Gasteiger charge is -2.23. The lowest BCUT2D eigenvalue weighted by atomic mass is 10.1. The van der Waals surface area contributed by atoms with E-state index in [0.29, 0.717) is 17.7 Å². The van der Waals surface area contributed by atoms with Gasteiger partial charge in [0.1, 0.15) is 5.75 Å². The van der Waals surface area contributed by atoms with Gasteiger partial charge in [0.25, 0.3) is 0 Å². The van der Waals surface area contributed by atoms with Gasteiger partial charge in [-0.15, -0.1) is 12.4 Å². The van der Waals surface area contributed by atoms with E-state index in [2.05, 4.69) is 10.0 Å². The van der Waals surface area contributed by atoms with E-state index in [1.807, 2.05) is 0 Å². The van der Waals surface area contributed by atoms with Crippen LogP contribution in [0, 0.1) is 0 Å². The molecule has 0 radical (unpaired) electrons. The van der Waals surface area contributed by atoms with Gasteiger partial charge >= 0.3 is 5.97 Å². The Morgan fingerprint density at radius 2 is 2.08 bits per heavy atom. The number of esters is 1. The summed E-state index contributed by atoms with van der Waals surface area (Å²) in [6.45, 7) is 3.64. The zero-order valence-electron chi connectivity index (χ0n) is 14.0. The third-order valence-corrected chi connectivity index (χ3v) is 5.75. The molecule has 3 rings (SSSR count). The number of sulfonamides is 1. The molecule has 1 fully saturated rings. The van der Waals surface area contributed by atoms with Crippen molar-refractivity contribution in [3.05, 3.63) is 23.8 Å². The highest BCUT2D eigenvalue weighted by Gasteiger charge is 2.31. The van der Waals surface area contributed by atoms with Crippen LogP contribution >= 0.6 is 12.4 Å². The monoisotopic (exact) mass is 390 g/mol. The maximum absolute atomic E-state index is 12.6. The van der Waals surface area contributed by atoms with Gasteiger partial charge in [0.05, 0.1) is 11.5 Å². The van der Waals surface area contributed by atoms with Crippen LogP contribution in [0.15, 0.2) is 23.1 Å². The molecule has 0 amide bonds. The van der Waals surface area contributed by atoms with Gasteiger partial charge in [-0.1, -0.05) is 0 Å². The zero-order chi connectivity index (χ0) is 17.2. The minimum Gasteiger partial charge on any atom is -0.478 e. The Hall–Kier alpha value is -1.35. The van der Waals surface area contributed by atoms with Crippen molar-refractivity contribution in [2.45, 2.75) is 43.2 Å². The largest absolute Gasteiger partial charge is 0.478 e. The van der Waals surface area contributed by atoms with Gasteiger partial charge in [0.15, 0.2) is 6.10 Å². The molecule has 1 unspecified atom stereocenters. The first-order valence-electron chi connectivity index (χ1n) is 8.19. The molecule has 7 nitrogen and oxygen atoms in total. The molecule has 0 spiro atoms. The van der Waals surface area contributed by atoms with Crippen molar-refractivity contribution >= 4 is 28.4 Å². The minimum absolute atomic E-state index is 0. The second kappa shape index (κ2) is 8.35. The summed E-state index contributed by atoms with van der Waals surface area (Å²) in [5.74, 6) is 0.111. The van der Waals surface area contributed by atoms with Crippen LogP contribution in [-0.2, 0) is 26.0 Å². The highest BCUT2D eigenvalue weighted by molar-refractivity contribution is 7.89. The Labute approximate surface area is 153 Å². The molecule has 0 aliphatic carbocycles. The second-order valence-electron chi connectivity index (χ2n) is 5.98. The summed E-state index contributed by atoms with van der Waals surface area (Å²) in [6.07, 6.45) is 1.18. The molecule has 0 aromatic heterocycles. The fourth-order valence-electron chi connectivity index (χ4n) is 2.99. The normalized spacial score (nSPS) is 20.3. The van der Waals surface area contributed by atoms with E-state index >= 15 is 0 Å². The lowest BCUT2D eigenvalue weighted by molar-refractivity contribution is -0.150. The van der Waals surface area contributed by atoms with Gasteiger partial charge in [-0.3, -0.25) is 0 Å². The summed E-state index contributed by atoms with van der Waals surface area (Å²) >= 11 is 0. The molecule has 140 valence electrons. The Kier molecular flexibility index (Phi) is 6.67. The van der Waals surface area contributed by atoms with Crippen molar-refractivity contribution in [3.8, 4) is 5.75 Å². The maximum Gasteiger partial charge on any atom is 0.347 e. The molecule has 1 saturated heterocycles. The first kappa shape index (κ1) is 20.0. The van der Waals surface area contributed by atoms with E-state index in [4.69, 9.17) is 9.47 Å². The predicted molar refractivity (Wildman–Crippen MR) is 94.7 cm³/mol. The Balaban J connectivity index is 0.00000225. The van der Waals surface area contributed by atoms with Gasteiger partial charge in [0, 0.05) is 12.5 Å². The summed E-state index contributed by atoms with van der Waals surface area (Å²) in [7, 11) is -3.58. The van der Waals surface area contributed by atoms with E-state index in [1.54, 1.807) is 19.1 Å². The van der Waals surface area contributed by atoms with Crippen LogP contribution in [0.4, 0.5) is 0 Å². The Morgan fingerprint density at radius 1 is 1.36 bits per heavy atom. The number of hydrogen-bond acceptors (Lipinski definition) is 6. The van der Waals surface area contributed by atoms with Crippen LogP contribution in [0.2, 0.25) is 0 Å². The number of piperidine rings is 1. The zero-order valence-corrected chi connectivity index (χ0v) is 15.6. The Morgan fingerprint density at radius 3 is 2.76 bits per heavy atom. The minimum atomic E-state index is -3.58. The highest BCUT2D eigenvalue weighted by Crippen LogP contribution is 2.31. The third-order valence-electron chi connectivity index (χ3n) is 4.23. The van der Waals surface area contributed by atoms with E-state index in [0.717, 1.165) is 25.9 Å². The number of carbonyl (C=O) groups excluding carboxylic acids is 1. The standard InChI is InChI=1S/C16H22N2O5S.ClH/c1-2-22-16(19)15-10-11-9-13(3-4-14(11)23-15)24(20,21)18-12-5-7-17-8-6-12;/h3-4,9,12,15,17-18H,2,5-8,10H2,1H3;1H. The molecule has 2 aliphatic rings. The number of ether oxygens (including phenoxy) is 2. The van der Waals surface area contributed by atoms with Gasteiger partial charge in [-0.05, 0) is 56.6 Å². The SMILES string of the molecule is CCOC(=O)C1Cc2cc(S(=O)(=O)NC3CCNCC3)ccc2O1.Cl. The quantitative estimate of drug-likeness (QED) is 0.729. The molecular formula is C16H23ClN2O5S. The predicted octanol–water partition coefficient (Wildman–Crippen LogP) is 1.01. The third kappa shape index (κ3) is 4.63. The summed E-state index contributed by atoms with van der Waals surface area (Å²) in [5.41, 5.74) is 0.709. The number of carbonyl (C=O) groups is 1. The number of fused-ring (bicyclic) bond motifs is 1. The van der Waals surface area contributed by atoms with Crippen molar-refractivity contribution in [2.75, 3.05) is 19.7 Å². The first-order chi connectivity index (χ1) is 11.5. The van der Waals surface area contributed by atoms with Crippen LogP contribution in [0.5, 0.6) is 5.75 Å². The van der Waals surface area contributed by atoms with Gasteiger partial charge in [0.2, 0.25) is 10.0 Å². The fraction of sp³-hybridized carbons (Fsp3) is 0.562. The maximum atomic E-state index is 12.6. The number of halogens is 1. The van der Waals surface area contributed by atoms with Crippen LogP contribution in [0.25, 0.3) is 0 Å². The molecule has 0 saturated carbocycles. The van der Waals surface area contributed by atoms with Gasteiger partial charge < -0.3 is 14.8 Å². The second-order valence-corrected chi connectivity index (χ2v) is 7.69. The molecule has 2 aliphatic heterocycles. The van der Waals surface area contributed by atoms with E-state index in [-0.39, 0.29) is 30.0 Å². The molecule has 1 aromatic rings. The topological polar surface area (TPSA) is 93.7 Å². The molecule has 9 heteroatoms. The van der Waals surface area contributed by atoms with Crippen LogP contribution in [-0.4, -0.2) is 46.2 Å². The van der Waals surface area contributed by atoms with E-state index in [1.165, 1.54) is 6.07 Å². The summed E-state index contributed by atoms with van der Waals surface area (Å²) in [4.78, 5) is 12.0. The first-order valence-corrected chi connectivity index (χ1v) is 9.67. The van der Waals surface area contributed by atoms with Crippen molar-refractivity contribution in [1.29, 1.82) is 0 Å². The molecule has 2 N–H and O–H groups in total. The van der Waals surface area contributed by atoms with E-state index < -0.39 is 22.1 Å². The summed E-state index contributed by atoms with van der Waals surface area (Å²) < 4.78 is 38.4. The van der Waals surface area contributed by atoms with Crippen molar-refractivity contribution in [3.63, 3.8) is 0 Å². The van der Waals surface area contributed by atoms with Crippen molar-refractivity contribution < 1.29 is 22.7 Å². The molecule has 1 aromatic carbocycles. The average molecular weight is 391 g/mol. The fourth-order valence-corrected chi connectivity index (χ4v) is 4.34. The lowest BCUT2D eigenvalue weighted by Crippen LogP contribution is -2.42. The average Bonchev–Trinajstić information content (AvgIpc) is 2.99. The van der Waals surface area contributed by atoms with Crippen LogP contribution < -0.4 is 14.8 Å². The number of benzene rings is 1. The van der Waals surface area contributed by atoms with Gasteiger partial charge in [-0.2, -0.15) is 0 Å². The van der Waals surface area contributed by atoms with Crippen LogP contribution in [0.3, 0.4) is 0 Å². The van der Waals surface area contributed by atoms with Crippen LogP contribution in [0.1, 0.15) is 25.3 Å². The number of rotatable bonds is 5. The number of nitrogens with one attached hydrogen (secondary N) is 2. The molecule has 1 atom stereocenters. The Bertz CT molecular complexity index is 719. The van der Waals surface area contributed by atoms with Crippen molar-refractivity contribution in [1.82, 2.24) is 10.0 Å². The molecule has 0 bridgehead atoms. The van der Waals surface area contributed by atoms with E-state index in [9.17, 15) is 13.2 Å². The van der Waals surface area contributed by atoms with Gasteiger partial charge in [-0.25, -0.2) is 17.9 Å². The summed E-state index contributed by atoms with van der Waals surface area (Å²) in [5, 5.41) is 3.20. The summed E-state index contributed by atoms with van der Waals surface area (Å²) in [6, 6.07) is 4.65. The number of hydrogen-bond donors (Lipinski definition) is 2. The molecular weight excluding hydrogens is 368 g/mol. The highest BCUT2D eigenvalue weighted by atomic mass is 35.5. The van der Waals surface area contributed by atoms with Crippen molar-refractivity contribution in [2.24, 2.45) is 0 Å².